The molecule has 2 aromatic heterocycles. The van der Waals surface area contributed by atoms with Gasteiger partial charge in [0.2, 0.25) is 0 Å². The van der Waals surface area contributed by atoms with Crippen LogP contribution in [0.25, 0.3) is 22.0 Å². The smallest absolute Gasteiger partial charge is 0.265 e. The zero-order valence-corrected chi connectivity index (χ0v) is 18.6. The number of pyridine rings is 1. The topological polar surface area (TPSA) is 94.4 Å². The number of aryl methyl sites for hydroxylation is 1. The molecule has 0 spiro atoms. The molecule has 5 rings (SSSR count). The summed E-state index contributed by atoms with van der Waals surface area (Å²) in [6, 6.07) is 13.5. The van der Waals surface area contributed by atoms with Gasteiger partial charge in [0, 0.05) is 35.9 Å². The van der Waals surface area contributed by atoms with Gasteiger partial charge in [0.1, 0.15) is 11.1 Å². The highest BCUT2D eigenvalue weighted by Gasteiger charge is 2.29. The van der Waals surface area contributed by atoms with Gasteiger partial charge in [-0.1, -0.05) is 28.1 Å². The maximum absolute atomic E-state index is 13.0. The van der Waals surface area contributed by atoms with E-state index in [-0.39, 0.29) is 17.0 Å². The van der Waals surface area contributed by atoms with Crippen molar-refractivity contribution in [1.82, 2.24) is 9.55 Å². The van der Waals surface area contributed by atoms with E-state index >= 15 is 0 Å². The molecule has 0 bridgehead atoms. The molecule has 0 unspecified atom stereocenters. The number of hydrogen-bond acceptors (Lipinski definition) is 5. The third kappa shape index (κ3) is 3.31. The number of benzene rings is 2. The van der Waals surface area contributed by atoms with Crippen LogP contribution in [0, 0.1) is 0 Å². The Balaban J connectivity index is 1.53. The van der Waals surface area contributed by atoms with Gasteiger partial charge in [-0.3, -0.25) is 9.59 Å². The quantitative estimate of drug-likeness (QED) is 0.479. The van der Waals surface area contributed by atoms with E-state index in [1.54, 1.807) is 7.05 Å². The molecule has 1 amide bonds. The SMILES string of the molecule is Cn1c(=O)c(C(N)=O)c(N2CCC(c3nc4ccccc4o3)CC2)c2ccc(Br)cc21. The lowest BCUT2D eigenvalue weighted by molar-refractivity contribution is 0.0999. The van der Waals surface area contributed by atoms with Gasteiger partial charge in [-0.05, 0) is 43.2 Å². The molecule has 1 aliphatic heterocycles. The van der Waals surface area contributed by atoms with Crippen molar-refractivity contribution >= 4 is 49.5 Å². The Labute approximate surface area is 186 Å². The summed E-state index contributed by atoms with van der Waals surface area (Å²) in [7, 11) is 1.66. The van der Waals surface area contributed by atoms with E-state index in [9.17, 15) is 9.59 Å². The predicted molar refractivity (Wildman–Crippen MR) is 124 cm³/mol. The summed E-state index contributed by atoms with van der Waals surface area (Å²) in [5.41, 5.74) is 8.34. The minimum atomic E-state index is -0.707. The molecule has 0 aliphatic carbocycles. The monoisotopic (exact) mass is 480 g/mol. The third-order valence-electron chi connectivity index (χ3n) is 6.05. The second kappa shape index (κ2) is 7.53. The second-order valence-electron chi connectivity index (χ2n) is 7.89. The normalized spacial score (nSPS) is 15.1. The highest BCUT2D eigenvalue weighted by molar-refractivity contribution is 9.10. The van der Waals surface area contributed by atoms with Crippen LogP contribution in [-0.4, -0.2) is 28.5 Å². The van der Waals surface area contributed by atoms with Crippen molar-refractivity contribution < 1.29 is 9.21 Å². The van der Waals surface area contributed by atoms with Crippen LogP contribution in [0.15, 0.2) is 56.1 Å². The average molecular weight is 481 g/mol. The molecule has 1 aliphatic rings. The van der Waals surface area contributed by atoms with Crippen LogP contribution < -0.4 is 16.2 Å². The van der Waals surface area contributed by atoms with Crippen LogP contribution in [0.2, 0.25) is 0 Å². The number of para-hydroxylation sites is 2. The molecule has 0 saturated carbocycles. The van der Waals surface area contributed by atoms with Crippen molar-refractivity contribution in [2.75, 3.05) is 18.0 Å². The van der Waals surface area contributed by atoms with E-state index in [1.165, 1.54) is 4.57 Å². The fourth-order valence-corrected chi connectivity index (χ4v) is 4.81. The fourth-order valence-electron chi connectivity index (χ4n) is 4.46. The first-order valence-corrected chi connectivity index (χ1v) is 11.0. The Morgan fingerprint density at radius 2 is 1.94 bits per heavy atom. The van der Waals surface area contributed by atoms with E-state index in [2.05, 4.69) is 25.8 Å². The summed E-state index contributed by atoms with van der Waals surface area (Å²) >= 11 is 3.47. The Morgan fingerprint density at radius 3 is 2.65 bits per heavy atom. The molecule has 2 N–H and O–H groups in total. The second-order valence-corrected chi connectivity index (χ2v) is 8.81. The maximum atomic E-state index is 13.0. The zero-order valence-electron chi connectivity index (χ0n) is 17.0. The van der Waals surface area contributed by atoms with Crippen LogP contribution in [0.5, 0.6) is 0 Å². The number of anilines is 1. The number of aromatic nitrogens is 2. The van der Waals surface area contributed by atoms with Crippen molar-refractivity contribution in [3.63, 3.8) is 0 Å². The highest BCUT2D eigenvalue weighted by Crippen LogP contribution is 2.36. The minimum Gasteiger partial charge on any atom is -0.440 e. The lowest BCUT2D eigenvalue weighted by Crippen LogP contribution is -2.38. The summed E-state index contributed by atoms with van der Waals surface area (Å²) in [5, 5.41) is 0.833. The third-order valence-corrected chi connectivity index (χ3v) is 6.54. The number of carbonyl (C=O) groups excluding carboxylic acids is 1. The number of fused-ring (bicyclic) bond motifs is 2. The molecule has 158 valence electrons. The first kappa shape index (κ1) is 19.8. The number of nitrogens with zero attached hydrogens (tertiary/aromatic N) is 3. The lowest BCUT2D eigenvalue weighted by Gasteiger charge is -2.34. The highest BCUT2D eigenvalue weighted by atomic mass is 79.9. The molecule has 8 heteroatoms. The summed E-state index contributed by atoms with van der Waals surface area (Å²) in [6.45, 7) is 1.34. The van der Waals surface area contributed by atoms with Crippen molar-refractivity contribution in [3.8, 4) is 0 Å². The van der Waals surface area contributed by atoms with Crippen LogP contribution in [0.4, 0.5) is 5.69 Å². The number of halogens is 1. The molecule has 2 aromatic carbocycles. The van der Waals surface area contributed by atoms with Crippen molar-refractivity contribution in [3.05, 3.63) is 68.7 Å². The van der Waals surface area contributed by atoms with Crippen LogP contribution in [-0.2, 0) is 7.05 Å². The molecule has 31 heavy (non-hydrogen) atoms. The minimum absolute atomic E-state index is 0.0395. The Morgan fingerprint density at radius 1 is 1.19 bits per heavy atom. The fraction of sp³-hybridized carbons (Fsp3) is 0.261. The van der Waals surface area contributed by atoms with Crippen LogP contribution in [0.3, 0.4) is 0 Å². The van der Waals surface area contributed by atoms with E-state index in [0.29, 0.717) is 18.8 Å². The van der Waals surface area contributed by atoms with Gasteiger partial charge in [0.25, 0.3) is 11.5 Å². The van der Waals surface area contributed by atoms with Crippen LogP contribution >= 0.6 is 15.9 Å². The van der Waals surface area contributed by atoms with Gasteiger partial charge < -0.3 is 19.6 Å². The van der Waals surface area contributed by atoms with Gasteiger partial charge in [0.05, 0.1) is 11.2 Å². The van der Waals surface area contributed by atoms with E-state index in [4.69, 9.17) is 10.2 Å². The Kier molecular flexibility index (Phi) is 4.81. The van der Waals surface area contributed by atoms with E-state index < -0.39 is 5.91 Å². The number of hydrogen-bond donors (Lipinski definition) is 1. The maximum Gasteiger partial charge on any atom is 0.265 e. The number of oxazole rings is 1. The number of nitrogens with two attached hydrogens (primary N) is 1. The van der Waals surface area contributed by atoms with Gasteiger partial charge >= 0.3 is 0 Å². The van der Waals surface area contributed by atoms with Gasteiger partial charge in [-0.15, -0.1) is 0 Å². The zero-order chi connectivity index (χ0) is 21.7. The number of rotatable bonds is 3. The molecule has 7 nitrogen and oxygen atoms in total. The summed E-state index contributed by atoms with van der Waals surface area (Å²) in [5.74, 6) is 0.225. The van der Waals surface area contributed by atoms with Gasteiger partial charge in [-0.2, -0.15) is 0 Å². The molecule has 3 heterocycles. The molecule has 1 saturated heterocycles. The molecular formula is C23H21BrN4O3. The number of amides is 1. The molecule has 0 atom stereocenters. The van der Waals surface area contributed by atoms with Crippen molar-refractivity contribution in [1.29, 1.82) is 0 Å². The first-order chi connectivity index (χ1) is 14.9. The van der Waals surface area contributed by atoms with Crippen LogP contribution in [0.1, 0.15) is 35.0 Å². The Hall–Kier alpha value is -3.13. The predicted octanol–water partition coefficient (Wildman–Crippen LogP) is 3.93. The Bertz CT molecular complexity index is 1350. The standard InChI is InChI=1S/C23H21BrN4O3/c1-27-17-12-14(24)6-7-15(17)20(19(21(25)29)23(27)30)28-10-8-13(9-11-28)22-26-16-4-2-3-5-18(16)31-22/h2-7,12-13H,8-11H2,1H3,(H2,25,29). The lowest BCUT2D eigenvalue weighted by atomic mass is 9.95. The van der Waals surface area contributed by atoms with E-state index in [0.717, 1.165) is 45.2 Å². The van der Waals surface area contributed by atoms with Gasteiger partial charge in [-0.25, -0.2) is 4.98 Å². The molecule has 1 fully saturated rings. The summed E-state index contributed by atoms with van der Waals surface area (Å²) in [4.78, 5) is 32.0. The van der Waals surface area contributed by atoms with E-state index in [1.807, 2.05) is 42.5 Å². The number of primary amides is 1. The largest absolute Gasteiger partial charge is 0.440 e. The first-order valence-electron chi connectivity index (χ1n) is 10.2. The summed E-state index contributed by atoms with van der Waals surface area (Å²) < 4.78 is 8.31. The average Bonchev–Trinajstić information content (AvgIpc) is 3.20. The van der Waals surface area contributed by atoms with Gasteiger partial charge in [0.15, 0.2) is 11.5 Å². The van der Waals surface area contributed by atoms with Crippen molar-refractivity contribution in [2.24, 2.45) is 12.8 Å². The number of piperidine rings is 1. The molecule has 0 radical (unpaired) electrons. The molecular weight excluding hydrogens is 460 g/mol. The number of carbonyl (C=O) groups is 1. The molecule has 4 aromatic rings. The van der Waals surface area contributed by atoms with Crippen molar-refractivity contribution in [2.45, 2.75) is 18.8 Å². The summed E-state index contributed by atoms with van der Waals surface area (Å²) in [6.07, 6.45) is 1.61.